The Balaban J connectivity index is 2.31. The van der Waals surface area contributed by atoms with Gasteiger partial charge in [-0.2, -0.15) is 0 Å². The van der Waals surface area contributed by atoms with Crippen molar-refractivity contribution in [3.63, 3.8) is 0 Å². The minimum absolute atomic E-state index is 0.0446. The fourth-order valence-electron chi connectivity index (χ4n) is 2.34. The third-order valence-corrected chi connectivity index (χ3v) is 5.56. The summed E-state index contributed by atoms with van der Waals surface area (Å²) in [6.45, 7) is 3.52. The molecule has 1 aliphatic rings. The molecule has 21 heavy (non-hydrogen) atoms. The number of carbonyl (C=O) groups excluding carboxylic acids is 1. The van der Waals surface area contributed by atoms with E-state index in [-0.39, 0.29) is 21.4 Å². The van der Waals surface area contributed by atoms with E-state index in [0.29, 0.717) is 19.0 Å². The zero-order valence-corrected chi connectivity index (χ0v) is 13.7. The van der Waals surface area contributed by atoms with Crippen molar-refractivity contribution >= 4 is 27.5 Å². The van der Waals surface area contributed by atoms with Crippen molar-refractivity contribution in [2.45, 2.75) is 24.7 Å². The molecule has 1 amide bonds. The summed E-state index contributed by atoms with van der Waals surface area (Å²) in [7, 11) is -2.26. The maximum absolute atomic E-state index is 12.5. The van der Waals surface area contributed by atoms with Crippen molar-refractivity contribution in [1.82, 2.24) is 9.62 Å². The van der Waals surface area contributed by atoms with Gasteiger partial charge in [-0.05, 0) is 44.0 Å². The van der Waals surface area contributed by atoms with Crippen LogP contribution in [-0.4, -0.2) is 39.4 Å². The van der Waals surface area contributed by atoms with Crippen LogP contribution in [0.2, 0.25) is 5.02 Å². The topological polar surface area (TPSA) is 66.5 Å². The van der Waals surface area contributed by atoms with Gasteiger partial charge in [0.2, 0.25) is 10.0 Å². The highest BCUT2D eigenvalue weighted by atomic mass is 35.5. The summed E-state index contributed by atoms with van der Waals surface area (Å²) in [5.74, 6) is 0.403. The summed E-state index contributed by atoms with van der Waals surface area (Å²) in [5.41, 5.74) is 0.238. The number of amides is 1. The van der Waals surface area contributed by atoms with E-state index in [1.807, 2.05) is 0 Å². The zero-order chi connectivity index (χ0) is 15.6. The summed E-state index contributed by atoms with van der Waals surface area (Å²) in [6.07, 6.45) is 1.91. The molecule has 0 spiro atoms. The Morgan fingerprint density at radius 2 is 1.95 bits per heavy atom. The molecule has 1 aromatic carbocycles. The molecular formula is C14H19ClN2O3S. The first kappa shape index (κ1) is 16.3. The molecule has 0 bridgehead atoms. The van der Waals surface area contributed by atoms with Gasteiger partial charge in [0.05, 0.1) is 15.5 Å². The Kier molecular flexibility index (Phi) is 4.91. The fourth-order valence-corrected chi connectivity index (χ4v) is 3.29. The van der Waals surface area contributed by atoms with E-state index >= 15 is 0 Å². The number of piperidine rings is 1. The van der Waals surface area contributed by atoms with Gasteiger partial charge >= 0.3 is 0 Å². The van der Waals surface area contributed by atoms with Crippen LogP contribution in [0.5, 0.6) is 0 Å². The van der Waals surface area contributed by atoms with Gasteiger partial charge in [-0.3, -0.25) is 4.79 Å². The van der Waals surface area contributed by atoms with Gasteiger partial charge in [0.15, 0.2) is 0 Å². The summed E-state index contributed by atoms with van der Waals surface area (Å²) < 4.78 is 25.9. The maximum atomic E-state index is 12.5. The number of likely N-dealkylation sites (tertiary alicyclic amines) is 1. The molecule has 0 aliphatic carbocycles. The molecule has 1 heterocycles. The molecule has 0 radical (unpaired) electrons. The van der Waals surface area contributed by atoms with E-state index < -0.39 is 10.0 Å². The van der Waals surface area contributed by atoms with Crippen molar-refractivity contribution in [2.75, 3.05) is 20.1 Å². The van der Waals surface area contributed by atoms with Crippen LogP contribution in [-0.2, 0) is 10.0 Å². The number of nitrogens with zero attached hydrogens (tertiary/aromatic N) is 1. The average Bonchev–Trinajstić information content (AvgIpc) is 2.47. The van der Waals surface area contributed by atoms with Crippen LogP contribution < -0.4 is 4.72 Å². The Labute approximate surface area is 130 Å². The first-order valence-corrected chi connectivity index (χ1v) is 8.73. The standard InChI is InChI=1S/C14H19ClN2O3S/c1-10-5-7-17(8-6-10)14(18)12-9-11(3-4-13(12)15)21(19,20)16-2/h3-4,9-10,16H,5-8H2,1-2H3. The van der Waals surface area contributed by atoms with Crippen LogP contribution in [0.15, 0.2) is 23.1 Å². The SMILES string of the molecule is CNS(=O)(=O)c1ccc(Cl)c(C(=O)N2CCC(C)CC2)c1. The van der Waals surface area contributed by atoms with Crippen molar-refractivity contribution in [2.24, 2.45) is 5.92 Å². The number of hydrogen-bond acceptors (Lipinski definition) is 3. The van der Waals surface area contributed by atoms with E-state index in [9.17, 15) is 13.2 Å². The van der Waals surface area contributed by atoms with Gasteiger partial charge in [0.1, 0.15) is 0 Å². The van der Waals surface area contributed by atoms with E-state index in [1.165, 1.54) is 25.2 Å². The normalized spacial score (nSPS) is 17.0. The van der Waals surface area contributed by atoms with E-state index in [1.54, 1.807) is 4.90 Å². The highest BCUT2D eigenvalue weighted by Crippen LogP contribution is 2.24. The van der Waals surface area contributed by atoms with Gasteiger partial charge in [-0.15, -0.1) is 0 Å². The molecule has 1 aliphatic heterocycles. The predicted octanol–water partition coefficient (Wildman–Crippen LogP) is 2.12. The molecule has 1 fully saturated rings. The van der Waals surface area contributed by atoms with Crippen LogP contribution in [0.3, 0.4) is 0 Å². The number of halogens is 1. The van der Waals surface area contributed by atoms with Crippen LogP contribution in [0.1, 0.15) is 30.1 Å². The minimum Gasteiger partial charge on any atom is -0.339 e. The van der Waals surface area contributed by atoms with Crippen LogP contribution in [0, 0.1) is 5.92 Å². The largest absolute Gasteiger partial charge is 0.339 e. The van der Waals surface area contributed by atoms with Gasteiger partial charge in [-0.1, -0.05) is 18.5 Å². The number of sulfonamides is 1. The number of nitrogens with one attached hydrogen (secondary N) is 1. The Hall–Kier alpha value is -1.11. The number of carbonyl (C=O) groups is 1. The Morgan fingerprint density at radius 1 is 1.33 bits per heavy atom. The molecule has 0 saturated carbocycles. The monoisotopic (exact) mass is 330 g/mol. The second kappa shape index (κ2) is 6.34. The third kappa shape index (κ3) is 3.56. The van der Waals surface area contributed by atoms with Crippen molar-refractivity contribution in [3.8, 4) is 0 Å². The van der Waals surface area contributed by atoms with Gasteiger partial charge in [0.25, 0.3) is 5.91 Å². The lowest BCUT2D eigenvalue weighted by molar-refractivity contribution is 0.0697. The highest BCUT2D eigenvalue weighted by Gasteiger charge is 2.24. The number of rotatable bonds is 3. The lowest BCUT2D eigenvalue weighted by Gasteiger charge is -2.30. The first-order chi connectivity index (χ1) is 9.85. The lowest BCUT2D eigenvalue weighted by atomic mass is 9.98. The zero-order valence-electron chi connectivity index (χ0n) is 12.1. The second-order valence-electron chi connectivity index (χ2n) is 5.32. The van der Waals surface area contributed by atoms with Crippen LogP contribution in [0.4, 0.5) is 0 Å². The molecule has 0 unspecified atom stereocenters. The van der Waals surface area contributed by atoms with Crippen LogP contribution >= 0.6 is 11.6 Å². The Morgan fingerprint density at radius 3 is 2.52 bits per heavy atom. The van der Waals surface area contributed by atoms with Crippen molar-refractivity contribution < 1.29 is 13.2 Å². The summed E-state index contributed by atoms with van der Waals surface area (Å²) in [4.78, 5) is 14.3. The molecule has 1 aromatic rings. The van der Waals surface area contributed by atoms with E-state index in [2.05, 4.69) is 11.6 Å². The Bertz CT molecular complexity index is 638. The molecule has 2 rings (SSSR count). The molecule has 1 N–H and O–H groups in total. The highest BCUT2D eigenvalue weighted by molar-refractivity contribution is 7.89. The molecule has 116 valence electrons. The third-order valence-electron chi connectivity index (χ3n) is 3.82. The van der Waals surface area contributed by atoms with Crippen molar-refractivity contribution in [1.29, 1.82) is 0 Å². The molecule has 0 aromatic heterocycles. The van der Waals surface area contributed by atoms with Gasteiger partial charge in [0, 0.05) is 13.1 Å². The predicted molar refractivity (Wildman–Crippen MR) is 82.0 cm³/mol. The summed E-state index contributed by atoms with van der Waals surface area (Å²) in [5, 5.41) is 0.272. The molecular weight excluding hydrogens is 312 g/mol. The maximum Gasteiger partial charge on any atom is 0.255 e. The van der Waals surface area contributed by atoms with E-state index in [0.717, 1.165) is 12.8 Å². The smallest absolute Gasteiger partial charge is 0.255 e. The molecule has 5 nitrogen and oxygen atoms in total. The molecule has 1 saturated heterocycles. The van der Waals surface area contributed by atoms with Crippen LogP contribution in [0.25, 0.3) is 0 Å². The summed E-state index contributed by atoms with van der Waals surface area (Å²) in [6, 6.07) is 4.18. The lowest BCUT2D eigenvalue weighted by Crippen LogP contribution is -2.38. The summed E-state index contributed by atoms with van der Waals surface area (Å²) >= 11 is 6.07. The first-order valence-electron chi connectivity index (χ1n) is 6.87. The average molecular weight is 331 g/mol. The van der Waals surface area contributed by atoms with Crippen molar-refractivity contribution in [3.05, 3.63) is 28.8 Å². The van der Waals surface area contributed by atoms with E-state index in [4.69, 9.17) is 11.6 Å². The molecule has 7 heteroatoms. The van der Waals surface area contributed by atoms with Gasteiger partial charge < -0.3 is 4.90 Å². The fraction of sp³-hybridized carbons (Fsp3) is 0.500. The quantitative estimate of drug-likeness (QED) is 0.923. The second-order valence-corrected chi connectivity index (χ2v) is 7.62. The van der Waals surface area contributed by atoms with Gasteiger partial charge in [-0.25, -0.2) is 13.1 Å². The number of benzene rings is 1. The molecule has 0 atom stereocenters. The minimum atomic E-state index is -3.59. The number of hydrogen-bond donors (Lipinski definition) is 1.